The second-order valence-corrected chi connectivity index (χ2v) is 11.2. The quantitative estimate of drug-likeness (QED) is 0.235. The van der Waals surface area contributed by atoms with Gasteiger partial charge in [-0.05, 0) is 53.9 Å². The van der Waals surface area contributed by atoms with Crippen molar-refractivity contribution in [3.8, 4) is 22.5 Å². The highest BCUT2D eigenvalue weighted by molar-refractivity contribution is 5.72. The molecule has 1 unspecified atom stereocenters. The van der Waals surface area contributed by atoms with Crippen molar-refractivity contribution in [3.63, 3.8) is 0 Å². The molecule has 1 saturated carbocycles. The number of aromatic nitrogens is 1. The van der Waals surface area contributed by atoms with E-state index < -0.39 is 5.97 Å². The van der Waals surface area contributed by atoms with E-state index in [4.69, 9.17) is 9.26 Å². The fourth-order valence-corrected chi connectivity index (χ4v) is 5.58. The molecule has 3 aromatic carbocycles. The Morgan fingerprint density at radius 1 is 0.974 bits per heavy atom. The Morgan fingerprint density at radius 3 is 2.11 bits per heavy atom. The predicted octanol–water partition coefficient (Wildman–Crippen LogP) is 7.88. The van der Waals surface area contributed by atoms with E-state index in [1.54, 1.807) is 7.11 Å². The Bertz CT molecular complexity index is 1400. The number of hydrogen-bond acceptors (Lipinski definition) is 4. The van der Waals surface area contributed by atoms with E-state index in [1.807, 2.05) is 13.0 Å². The summed E-state index contributed by atoms with van der Waals surface area (Å²) >= 11 is 0. The van der Waals surface area contributed by atoms with E-state index in [0.717, 1.165) is 58.5 Å². The van der Waals surface area contributed by atoms with Gasteiger partial charge in [0.15, 0.2) is 5.76 Å². The van der Waals surface area contributed by atoms with Crippen LogP contribution in [0, 0.1) is 6.92 Å². The Morgan fingerprint density at radius 2 is 1.55 bits per heavy atom. The van der Waals surface area contributed by atoms with Gasteiger partial charge in [-0.2, -0.15) is 0 Å². The van der Waals surface area contributed by atoms with Crippen molar-refractivity contribution in [1.82, 2.24) is 5.16 Å². The highest BCUT2D eigenvalue weighted by Crippen LogP contribution is 2.51. The summed E-state index contributed by atoms with van der Waals surface area (Å²) in [4.78, 5) is 11.3. The summed E-state index contributed by atoms with van der Waals surface area (Å²) in [6.45, 7) is 6.45. The van der Waals surface area contributed by atoms with Gasteiger partial charge in [-0.25, -0.2) is 0 Å². The van der Waals surface area contributed by atoms with Crippen LogP contribution < -0.4 is 0 Å². The van der Waals surface area contributed by atoms with E-state index in [2.05, 4.69) is 91.8 Å². The molecule has 1 heterocycles. The molecule has 0 aliphatic heterocycles. The number of carboxylic acid groups (broad SMARTS) is 1. The van der Waals surface area contributed by atoms with Crippen LogP contribution >= 0.6 is 0 Å². The van der Waals surface area contributed by atoms with Gasteiger partial charge in [0.2, 0.25) is 0 Å². The highest BCUT2D eigenvalue weighted by atomic mass is 16.5. The maximum absolute atomic E-state index is 11.3. The first kappa shape index (κ1) is 25.9. The summed E-state index contributed by atoms with van der Waals surface area (Å²) in [5, 5.41) is 13.6. The second kappa shape index (κ2) is 10.2. The van der Waals surface area contributed by atoms with Gasteiger partial charge in [-0.3, -0.25) is 4.79 Å². The number of aliphatic carboxylic acids is 1. The fraction of sp³-hybridized carbons (Fsp3) is 0.333. The van der Waals surface area contributed by atoms with E-state index >= 15 is 0 Å². The molecule has 0 saturated heterocycles. The third-order valence-electron chi connectivity index (χ3n) is 8.09. The number of rotatable bonds is 10. The molecule has 1 aromatic heterocycles. The monoisotopic (exact) mass is 509 g/mol. The number of hydrogen-bond donors (Lipinski definition) is 1. The van der Waals surface area contributed by atoms with Crippen molar-refractivity contribution in [2.75, 3.05) is 7.11 Å². The SMILES string of the molecule is COC(CC(C)(C)c1ccccc1)c1c(C)noc1-c1ccc(-c2ccc(C3(CC(=O)O)CC3)cc2)cc1. The van der Waals surface area contributed by atoms with Gasteiger partial charge >= 0.3 is 5.97 Å². The second-order valence-electron chi connectivity index (χ2n) is 11.2. The molecule has 1 aliphatic rings. The zero-order chi connectivity index (χ0) is 26.9. The molecule has 5 heteroatoms. The molecule has 1 atom stereocenters. The topological polar surface area (TPSA) is 72.6 Å². The van der Waals surface area contributed by atoms with Gasteiger partial charge in [0.25, 0.3) is 0 Å². The number of benzene rings is 3. The van der Waals surface area contributed by atoms with Crippen molar-refractivity contribution in [2.24, 2.45) is 0 Å². The van der Waals surface area contributed by atoms with Gasteiger partial charge in [0, 0.05) is 18.1 Å². The van der Waals surface area contributed by atoms with Crippen LogP contribution in [0.3, 0.4) is 0 Å². The predicted molar refractivity (Wildman–Crippen MR) is 149 cm³/mol. The molecule has 1 fully saturated rings. The Kier molecular flexibility index (Phi) is 6.97. The van der Waals surface area contributed by atoms with Crippen molar-refractivity contribution in [1.29, 1.82) is 0 Å². The molecular formula is C33H35NO4. The average Bonchev–Trinajstić information content (AvgIpc) is 3.60. The summed E-state index contributed by atoms with van der Waals surface area (Å²) in [5.41, 5.74) is 7.08. The summed E-state index contributed by atoms with van der Waals surface area (Å²) in [7, 11) is 1.75. The number of aryl methyl sites for hydroxylation is 1. The molecule has 1 N–H and O–H groups in total. The summed E-state index contributed by atoms with van der Waals surface area (Å²) in [6.07, 6.45) is 2.70. The third kappa shape index (κ3) is 5.16. The maximum Gasteiger partial charge on any atom is 0.304 e. The van der Waals surface area contributed by atoms with Gasteiger partial charge in [-0.1, -0.05) is 97.9 Å². The molecule has 38 heavy (non-hydrogen) atoms. The summed E-state index contributed by atoms with van der Waals surface area (Å²) in [5.74, 6) is 0.00739. The van der Waals surface area contributed by atoms with Gasteiger partial charge in [0.05, 0.1) is 23.8 Å². The largest absolute Gasteiger partial charge is 0.481 e. The number of methoxy groups -OCH3 is 1. The first-order chi connectivity index (χ1) is 18.2. The molecular weight excluding hydrogens is 474 g/mol. The van der Waals surface area contributed by atoms with Crippen LogP contribution in [0.4, 0.5) is 0 Å². The molecule has 0 radical (unpaired) electrons. The minimum absolute atomic E-state index is 0.0948. The summed E-state index contributed by atoms with van der Waals surface area (Å²) in [6, 6.07) is 27.1. The Balaban J connectivity index is 1.37. The number of carboxylic acids is 1. The number of carbonyl (C=O) groups is 1. The van der Waals surface area contributed by atoms with Crippen LogP contribution in [0.15, 0.2) is 83.4 Å². The Labute approximate surface area is 224 Å². The number of ether oxygens (including phenoxy) is 1. The first-order valence-electron chi connectivity index (χ1n) is 13.2. The third-order valence-corrected chi connectivity index (χ3v) is 8.09. The van der Waals surface area contributed by atoms with Crippen LogP contribution in [0.25, 0.3) is 22.5 Å². The summed E-state index contributed by atoms with van der Waals surface area (Å²) < 4.78 is 11.9. The van der Waals surface area contributed by atoms with Crippen molar-refractivity contribution in [3.05, 3.63) is 101 Å². The molecule has 4 aromatic rings. The fourth-order valence-electron chi connectivity index (χ4n) is 5.58. The van der Waals surface area contributed by atoms with Gasteiger partial charge < -0.3 is 14.4 Å². The minimum Gasteiger partial charge on any atom is -0.481 e. The first-order valence-corrected chi connectivity index (χ1v) is 13.2. The van der Waals surface area contributed by atoms with Crippen LogP contribution in [0.5, 0.6) is 0 Å². The van der Waals surface area contributed by atoms with Crippen molar-refractivity contribution in [2.45, 2.75) is 63.4 Å². The highest BCUT2D eigenvalue weighted by Gasteiger charge is 2.45. The molecule has 0 amide bonds. The van der Waals surface area contributed by atoms with Crippen molar-refractivity contribution < 1.29 is 19.2 Å². The van der Waals surface area contributed by atoms with Gasteiger partial charge in [-0.15, -0.1) is 0 Å². The Hall–Kier alpha value is -3.70. The lowest BCUT2D eigenvalue weighted by atomic mass is 9.78. The van der Waals surface area contributed by atoms with Crippen LogP contribution in [-0.4, -0.2) is 23.3 Å². The van der Waals surface area contributed by atoms with E-state index in [0.29, 0.717) is 0 Å². The molecule has 0 spiro atoms. The smallest absolute Gasteiger partial charge is 0.304 e. The zero-order valence-corrected chi connectivity index (χ0v) is 22.5. The van der Waals surface area contributed by atoms with E-state index in [9.17, 15) is 9.90 Å². The molecule has 196 valence electrons. The molecule has 0 bridgehead atoms. The number of nitrogens with zero attached hydrogens (tertiary/aromatic N) is 1. The lowest BCUT2D eigenvalue weighted by Crippen LogP contribution is -2.22. The average molecular weight is 510 g/mol. The van der Waals surface area contributed by atoms with Crippen LogP contribution in [0.1, 0.15) is 68.0 Å². The lowest BCUT2D eigenvalue weighted by molar-refractivity contribution is -0.137. The van der Waals surface area contributed by atoms with Crippen molar-refractivity contribution >= 4 is 5.97 Å². The maximum atomic E-state index is 11.3. The molecule has 5 rings (SSSR count). The minimum atomic E-state index is -0.733. The van der Waals surface area contributed by atoms with Crippen LogP contribution in [-0.2, 0) is 20.4 Å². The normalized spacial score (nSPS) is 15.3. The molecule has 5 nitrogen and oxygen atoms in total. The zero-order valence-electron chi connectivity index (χ0n) is 22.5. The van der Waals surface area contributed by atoms with E-state index in [1.165, 1.54) is 5.56 Å². The van der Waals surface area contributed by atoms with Gasteiger partial charge in [0.1, 0.15) is 0 Å². The van der Waals surface area contributed by atoms with E-state index in [-0.39, 0.29) is 23.4 Å². The van der Waals surface area contributed by atoms with Crippen LogP contribution in [0.2, 0.25) is 0 Å². The molecule has 1 aliphatic carbocycles. The standard InChI is InChI=1S/C33H35NO4/c1-22-30(28(37-4)20-32(2,3)26-8-6-5-7-9-26)31(38-34-22)25-12-10-23(11-13-25)24-14-16-27(17-15-24)33(18-19-33)21-29(35)36/h5-17,28H,18-21H2,1-4H3,(H,35,36). The lowest BCUT2D eigenvalue weighted by Gasteiger charge is -2.30.